The van der Waals surface area contributed by atoms with E-state index in [1.807, 2.05) is 39.2 Å². The molecule has 0 saturated heterocycles. The molecule has 1 unspecified atom stereocenters. The molecule has 0 spiro atoms. The van der Waals surface area contributed by atoms with Crippen LogP contribution in [-0.2, 0) is 7.05 Å². The fourth-order valence-electron chi connectivity index (χ4n) is 2.05. The summed E-state index contributed by atoms with van der Waals surface area (Å²) in [5.74, 6) is -0.197. The maximum Gasteiger partial charge on any atom is 0.128 e. The van der Waals surface area contributed by atoms with Crippen molar-refractivity contribution in [3.63, 3.8) is 0 Å². The molecule has 0 saturated carbocycles. The highest BCUT2D eigenvalue weighted by Crippen LogP contribution is 2.24. The molecule has 0 amide bonds. The number of aryl methyl sites for hydroxylation is 2. The van der Waals surface area contributed by atoms with Gasteiger partial charge in [-0.05, 0) is 25.6 Å². The van der Waals surface area contributed by atoms with Gasteiger partial charge in [0.2, 0.25) is 0 Å². The van der Waals surface area contributed by atoms with Gasteiger partial charge >= 0.3 is 0 Å². The summed E-state index contributed by atoms with van der Waals surface area (Å²) >= 11 is 0. The molecule has 18 heavy (non-hydrogen) atoms. The lowest BCUT2D eigenvalue weighted by Crippen LogP contribution is -2.23. The molecule has 0 aliphatic carbocycles. The summed E-state index contributed by atoms with van der Waals surface area (Å²) < 4.78 is 15.7. The van der Waals surface area contributed by atoms with Crippen molar-refractivity contribution in [1.82, 2.24) is 15.1 Å². The molecule has 1 heterocycles. The lowest BCUT2D eigenvalue weighted by Gasteiger charge is -2.17. The normalized spacial score (nSPS) is 12.7. The van der Waals surface area contributed by atoms with Gasteiger partial charge in [0.1, 0.15) is 5.82 Å². The number of aromatic nitrogens is 2. The fraction of sp³-hybridized carbons (Fsp3) is 0.357. The zero-order chi connectivity index (χ0) is 13.1. The number of nitrogens with one attached hydrogen (secondary N) is 1. The van der Waals surface area contributed by atoms with E-state index in [2.05, 4.69) is 10.4 Å². The number of hydrogen-bond acceptors (Lipinski definition) is 2. The van der Waals surface area contributed by atoms with E-state index >= 15 is 0 Å². The predicted octanol–water partition coefficient (Wildman–Crippen LogP) is 2.57. The quantitative estimate of drug-likeness (QED) is 0.900. The lowest BCUT2D eigenvalue weighted by molar-refractivity contribution is 0.545. The van der Waals surface area contributed by atoms with Gasteiger partial charge in [-0.1, -0.05) is 24.6 Å². The third-order valence-electron chi connectivity index (χ3n) is 2.90. The van der Waals surface area contributed by atoms with Crippen LogP contribution in [0.1, 0.15) is 29.8 Å². The molecular weight excluding hydrogens is 229 g/mol. The molecule has 96 valence electrons. The highest BCUT2D eigenvalue weighted by molar-refractivity contribution is 5.32. The average molecular weight is 247 g/mol. The van der Waals surface area contributed by atoms with Crippen molar-refractivity contribution in [1.29, 1.82) is 0 Å². The zero-order valence-electron chi connectivity index (χ0n) is 10.9. The Morgan fingerprint density at radius 2 is 2.17 bits per heavy atom. The van der Waals surface area contributed by atoms with E-state index in [-0.39, 0.29) is 11.9 Å². The molecule has 1 aromatic heterocycles. The van der Waals surface area contributed by atoms with Crippen LogP contribution < -0.4 is 5.32 Å². The third-order valence-corrected chi connectivity index (χ3v) is 2.90. The highest BCUT2D eigenvalue weighted by atomic mass is 19.1. The molecule has 0 fully saturated rings. The molecule has 2 rings (SSSR count). The Bertz CT molecular complexity index is 534. The minimum absolute atomic E-state index is 0.197. The SMILES string of the molecule is CCNC(c1ccn(C)n1)c1cc(C)ccc1F. The van der Waals surface area contributed by atoms with Crippen LogP contribution in [0.15, 0.2) is 30.5 Å². The van der Waals surface area contributed by atoms with Gasteiger partial charge < -0.3 is 5.32 Å². The summed E-state index contributed by atoms with van der Waals surface area (Å²) in [6, 6.07) is 6.88. The number of rotatable bonds is 4. The summed E-state index contributed by atoms with van der Waals surface area (Å²) in [5.41, 5.74) is 2.53. The molecule has 1 atom stereocenters. The van der Waals surface area contributed by atoms with E-state index in [1.165, 1.54) is 6.07 Å². The van der Waals surface area contributed by atoms with Crippen LogP contribution in [0.5, 0.6) is 0 Å². The van der Waals surface area contributed by atoms with Gasteiger partial charge in [-0.2, -0.15) is 5.10 Å². The van der Waals surface area contributed by atoms with E-state index < -0.39 is 0 Å². The molecular formula is C14H18FN3. The van der Waals surface area contributed by atoms with Crippen molar-refractivity contribution >= 4 is 0 Å². The number of benzene rings is 1. The van der Waals surface area contributed by atoms with Crippen LogP contribution in [-0.4, -0.2) is 16.3 Å². The second-order valence-electron chi connectivity index (χ2n) is 4.43. The van der Waals surface area contributed by atoms with Crippen molar-refractivity contribution in [3.05, 3.63) is 53.1 Å². The lowest BCUT2D eigenvalue weighted by atomic mass is 10.0. The first-order chi connectivity index (χ1) is 8.61. The van der Waals surface area contributed by atoms with Gasteiger partial charge in [0.15, 0.2) is 0 Å². The molecule has 0 bridgehead atoms. The van der Waals surface area contributed by atoms with Crippen LogP contribution >= 0.6 is 0 Å². The van der Waals surface area contributed by atoms with Gasteiger partial charge in [0, 0.05) is 18.8 Å². The monoisotopic (exact) mass is 247 g/mol. The molecule has 0 aliphatic rings. The van der Waals surface area contributed by atoms with E-state index in [0.29, 0.717) is 5.56 Å². The molecule has 3 nitrogen and oxygen atoms in total. The standard InChI is InChI=1S/C14H18FN3/c1-4-16-14(13-7-8-18(3)17-13)11-9-10(2)5-6-12(11)15/h5-9,14,16H,4H2,1-3H3. The summed E-state index contributed by atoms with van der Waals surface area (Å²) in [5, 5.41) is 7.65. The first kappa shape index (κ1) is 12.8. The largest absolute Gasteiger partial charge is 0.305 e. The van der Waals surface area contributed by atoms with E-state index in [4.69, 9.17) is 0 Å². The van der Waals surface area contributed by atoms with Crippen molar-refractivity contribution in [2.75, 3.05) is 6.54 Å². The Labute approximate surface area is 107 Å². The summed E-state index contributed by atoms with van der Waals surface area (Å²) in [7, 11) is 1.86. The first-order valence-electron chi connectivity index (χ1n) is 6.10. The Hall–Kier alpha value is -1.68. The second-order valence-corrected chi connectivity index (χ2v) is 4.43. The Kier molecular flexibility index (Phi) is 3.77. The molecule has 1 aromatic carbocycles. The van der Waals surface area contributed by atoms with Crippen LogP contribution in [0, 0.1) is 12.7 Å². The zero-order valence-corrected chi connectivity index (χ0v) is 10.9. The second kappa shape index (κ2) is 5.31. The molecule has 0 radical (unpaired) electrons. The molecule has 1 N–H and O–H groups in total. The van der Waals surface area contributed by atoms with Crippen molar-refractivity contribution in [2.45, 2.75) is 19.9 Å². The summed E-state index contributed by atoms with van der Waals surface area (Å²) in [4.78, 5) is 0. The average Bonchev–Trinajstić information content (AvgIpc) is 2.76. The van der Waals surface area contributed by atoms with Gasteiger partial charge in [0.05, 0.1) is 11.7 Å². The molecule has 0 aliphatic heterocycles. The molecule has 4 heteroatoms. The topological polar surface area (TPSA) is 29.9 Å². The minimum Gasteiger partial charge on any atom is -0.305 e. The van der Waals surface area contributed by atoms with Gasteiger partial charge in [0.25, 0.3) is 0 Å². The van der Waals surface area contributed by atoms with Crippen molar-refractivity contribution < 1.29 is 4.39 Å². The van der Waals surface area contributed by atoms with Gasteiger partial charge in [-0.15, -0.1) is 0 Å². The fourth-order valence-corrected chi connectivity index (χ4v) is 2.05. The van der Waals surface area contributed by atoms with Gasteiger partial charge in [-0.3, -0.25) is 4.68 Å². The maximum atomic E-state index is 14.0. The predicted molar refractivity (Wildman–Crippen MR) is 69.9 cm³/mol. The minimum atomic E-state index is -0.198. The smallest absolute Gasteiger partial charge is 0.128 e. The van der Waals surface area contributed by atoms with E-state index in [0.717, 1.165) is 17.8 Å². The number of halogens is 1. The maximum absolute atomic E-state index is 14.0. The number of nitrogens with zero attached hydrogens (tertiary/aromatic N) is 2. The van der Waals surface area contributed by atoms with Crippen molar-refractivity contribution in [3.8, 4) is 0 Å². The van der Waals surface area contributed by atoms with Crippen LogP contribution in [0.2, 0.25) is 0 Å². The Morgan fingerprint density at radius 3 is 2.78 bits per heavy atom. The van der Waals surface area contributed by atoms with E-state index in [9.17, 15) is 4.39 Å². The van der Waals surface area contributed by atoms with Gasteiger partial charge in [-0.25, -0.2) is 4.39 Å². The summed E-state index contributed by atoms with van der Waals surface area (Å²) in [6.45, 7) is 4.72. The highest BCUT2D eigenvalue weighted by Gasteiger charge is 2.19. The van der Waals surface area contributed by atoms with Crippen molar-refractivity contribution in [2.24, 2.45) is 7.05 Å². The molecule has 2 aromatic rings. The Morgan fingerprint density at radius 1 is 1.39 bits per heavy atom. The summed E-state index contributed by atoms with van der Waals surface area (Å²) in [6.07, 6.45) is 1.87. The number of hydrogen-bond donors (Lipinski definition) is 1. The van der Waals surface area contributed by atoms with Crippen LogP contribution in [0.25, 0.3) is 0 Å². The first-order valence-corrected chi connectivity index (χ1v) is 6.10. The third kappa shape index (κ3) is 2.59. The van der Waals surface area contributed by atoms with Crippen LogP contribution in [0.4, 0.5) is 4.39 Å². The van der Waals surface area contributed by atoms with E-state index in [1.54, 1.807) is 10.7 Å². The Balaban J connectivity index is 2.44. The van der Waals surface area contributed by atoms with Crippen LogP contribution in [0.3, 0.4) is 0 Å².